The Hall–Kier alpha value is -4.49. The summed E-state index contributed by atoms with van der Waals surface area (Å²) in [5.41, 5.74) is 12.6. The Bertz CT molecular complexity index is 1300. The summed E-state index contributed by atoms with van der Waals surface area (Å²) in [5, 5.41) is 10.2. The molecule has 0 radical (unpaired) electrons. The van der Waals surface area contributed by atoms with E-state index in [0.29, 0.717) is 22.0 Å². The standard InChI is InChI=1S/C24H21ClN4O6/c1-33-19(30)11-18-21(23(31)34-2)20(17(12-26)22(27)35-18)13-5-3-7-15(9-13)29(24(28)32)16-8-4-6-14(25)10-16/h3-10,20H,11,27H2,1-2H3,(H2,28,32). The second-order valence-electron chi connectivity index (χ2n) is 7.25. The third-order valence-corrected chi connectivity index (χ3v) is 5.42. The smallest absolute Gasteiger partial charge is 0.338 e. The first-order chi connectivity index (χ1) is 16.7. The summed E-state index contributed by atoms with van der Waals surface area (Å²) in [6.07, 6.45) is -0.424. The van der Waals surface area contributed by atoms with Gasteiger partial charge in [0.05, 0.1) is 37.1 Å². The number of ether oxygens (including phenoxy) is 3. The van der Waals surface area contributed by atoms with Crippen molar-refractivity contribution in [3.63, 3.8) is 0 Å². The van der Waals surface area contributed by atoms with Gasteiger partial charge >= 0.3 is 18.0 Å². The molecule has 1 heterocycles. The maximum absolute atomic E-state index is 12.8. The van der Waals surface area contributed by atoms with Crippen molar-refractivity contribution in [3.8, 4) is 6.07 Å². The van der Waals surface area contributed by atoms with E-state index in [4.69, 9.17) is 32.5 Å². The minimum Gasteiger partial charge on any atom is -0.469 e. The van der Waals surface area contributed by atoms with Gasteiger partial charge in [-0.1, -0.05) is 29.8 Å². The molecule has 0 saturated heterocycles. The molecule has 35 heavy (non-hydrogen) atoms. The fraction of sp³-hybridized carbons (Fsp3) is 0.167. The maximum atomic E-state index is 12.8. The van der Waals surface area contributed by atoms with E-state index in [9.17, 15) is 19.6 Å². The van der Waals surface area contributed by atoms with Crippen LogP contribution in [-0.2, 0) is 23.8 Å². The number of primary amides is 1. The number of nitriles is 1. The molecule has 1 aliphatic rings. The molecule has 0 saturated carbocycles. The SMILES string of the molecule is COC(=O)CC1=C(C(=O)OC)C(c2cccc(N(C(N)=O)c3cccc(Cl)c3)c2)C(C#N)=C(N)O1. The first-order valence-electron chi connectivity index (χ1n) is 10.1. The number of nitrogens with two attached hydrogens (primary N) is 2. The van der Waals surface area contributed by atoms with E-state index < -0.39 is 30.3 Å². The van der Waals surface area contributed by atoms with Crippen LogP contribution in [0.4, 0.5) is 16.2 Å². The number of carbonyl (C=O) groups is 3. The van der Waals surface area contributed by atoms with Gasteiger partial charge in [0.2, 0.25) is 5.88 Å². The number of methoxy groups -OCH3 is 2. The predicted molar refractivity (Wildman–Crippen MR) is 126 cm³/mol. The molecule has 0 fully saturated rings. The van der Waals surface area contributed by atoms with Crippen LogP contribution in [0.2, 0.25) is 5.02 Å². The van der Waals surface area contributed by atoms with E-state index in [-0.39, 0.29) is 22.8 Å². The Labute approximate surface area is 205 Å². The molecule has 3 rings (SSSR count). The van der Waals surface area contributed by atoms with Gasteiger partial charge in [0.1, 0.15) is 23.8 Å². The summed E-state index contributed by atoms with van der Waals surface area (Å²) in [6.45, 7) is 0. The van der Waals surface area contributed by atoms with Gasteiger partial charge < -0.3 is 25.7 Å². The van der Waals surface area contributed by atoms with Gasteiger partial charge in [-0.3, -0.25) is 9.69 Å². The van der Waals surface area contributed by atoms with E-state index in [1.165, 1.54) is 12.0 Å². The lowest BCUT2D eigenvalue weighted by Gasteiger charge is -2.28. The zero-order chi connectivity index (χ0) is 25.7. The Kier molecular flexibility index (Phi) is 7.63. The minimum absolute atomic E-state index is 0.0791. The molecule has 10 nitrogen and oxygen atoms in total. The van der Waals surface area contributed by atoms with Crippen molar-refractivity contribution in [1.82, 2.24) is 0 Å². The summed E-state index contributed by atoms with van der Waals surface area (Å²) in [7, 11) is 2.33. The minimum atomic E-state index is -1.06. The van der Waals surface area contributed by atoms with Crippen LogP contribution in [0.25, 0.3) is 0 Å². The molecule has 1 atom stereocenters. The Morgan fingerprint density at radius 2 is 1.77 bits per heavy atom. The Balaban J connectivity index is 2.21. The molecular formula is C24H21ClN4O6. The molecular weight excluding hydrogens is 476 g/mol. The number of allylic oxidation sites excluding steroid dienone is 1. The lowest BCUT2D eigenvalue weighted by Crippen LogP contribution is -2.31. The fourth-order valence-electron chi connectivity index (χ4n) is 3.68. The van der Waals surface area contributed by atoms with Gasteiger partial charge in [0.15, 0.2) is 0 Å². The van der Waals surface area contributed by atoms with Crippen molar-refractivity contribution in [2.24, 2.45) is 11.5 Å². The molecule has 4 N–H and O–H groups in total. The normalized spacial score (nSPS) is 15.1. The Morgan fingerprint density at radius 3 is 2.34 bits per heavy atom. The van der Waals surface area contributed by atoms with Gasteiger partial charge in [-0.15, -0.1) is 0 Å². The molecule has 2 aromatic rings. The largest absolute Gasteiger partial charge is 0.469 e. The summed E-state index contributed by atoms with van der Waals surface area (Å²) < 4.78 is 15.1. The third-order valence-electron chi connectivity index (χ3n) is 5.18. The van der Waals surface area contributed by atoms with Crippen molar-refractivity contribution in [3.05, 3.63) is 81.9 Å². The predicted octanol–water partition coefficient (Wildman–Crippen LogP) is 3.35. The second-order valence-corrected chi connectivity index (χ2v) is 7.69. The molecule has 1 unspecified atom stereocenters. The maximum Gasteiger partial charge on any atom is 0.338 e. The van der Waals surface area contributed by atoms with Crippen LogP contribution in [0, 0.1) is 11.3 Å². The fourth-order valence-corrected chi connectivity index (χ4v) is 3.87. The third kappa shape index (κ3) is 5.20. The topological polar surface area (TPSA) is 158 Å². The van der Waals surface area contributed by atoms with E-state index in [2.05, 4.69) is 4.74 Å². The summed E-state index contributed by atoms with van der Waals surface area (Å²) in [6, 6.07) is 14.1. The highest BCUT2D eigenvalue weighted by atomic mass is 35.5. The van der Waals surface area contributed by atoms with Crippen LogP contribution in [0.1, 0.15) is 17.9 Å². The van der Waals surface area contributed by atoms with E-state index >= 15 is 0 Å². The molecule has 1 aliphatic heterocycles. The van der Waals surface area contributed by atoms with Crippen LogP contribution < -0.4 is 16.4 Å². The number of anilines is 2. The van der Waals surface area contributed by atoms with Gasteiger partial charge in [0.25, 0.3) is 0 Å². The highest BCUT2D eigenvalue weighted by Gasteiger charge is 2.38. The van der Waals surface area contributed by atoms with Gasteiger partial charge in [-0.2, -0.15) is 5.26 Å². The number of nitrogens with zero attached hydrogens (tertiary/aromatic N) is 2. The molecule has 0 aliphatic carbocycles. The number of amides is 2. The van der Waals surface area contributed by atoms with Crippen molar-refractivity contribution in [2.45, 2.75) is 12.3 Å². The lowest BCUT2D eigenvalue weighted by molar-refractivity contribution is -0.140. The lowest BCUT2D eigenvalue weighted by atomic mass is 9.82. The molecule has 0 spiro atoms. The average Bonchev–Trinajstić information content (AvgIpc) is 2.83. The highest BCUT2D eigenvalue weighted by molar-refractivity contribution is 6.31. The van der Waals surface area contributed by atoms with Crippen molar-refractivity contribution < 1.29 is 28.6 Å². The van der Waals surface area contributed by atoms with Crippen molar-refractivity contribution in [2.75, 3.05) is 19.1 Å². The molecule has 2 aromatic carbocycles. The van der Waals surface area contributed by atoms with Gasteiger partial charge in [0, 0.05) is 5.02 Å². The van der Waals surface area contributed by atoms with Crippen LogP contribution in [0.3, 0.4) is 0 Å². The second kappa shape index (κ2) is 10.6. The number of rotatable bonds is 6. The first-order valence-corrected chi connectivity index (χ1v) is 10.5. The number of hydrogen-bond donors (Lipinski definition) is 2. The molecule has 180 valence electrons. The number of urea groups is 1. The quantitative estimate of drug-likeness (QED) is 0.576. The zero-order valence-electron chi connectivity index (χ0n) is 18.8. The van der Waals surface area contributed by atoms with Crippen LogP contribution in [0.5, 0.6) is 0 Å². The van der Waals surface area contributed by atoms with E-state index in [1.807, 2.05) is 6.07 Å². The van der Waals surface area contributed by atoms with Crippen LogP contribution >= 0.6 is 11.6 Å². The van der Waals surface area contributed by atoms with Crippen molar-refractivity contribution >= 4 is 40.9 Å². The first kappa shape index (κ1) is 25.1. The van der Waals surface area contributed by atoms with Gasteiger partial charge in [-0.25, -0.2) is 9.59 Å². The molecule has 2 amide bonds. The number of hydrogen-bond acceptors (Lipinski definition) is 8. The molecule has 11 heteroatoms. The summed E-state index contributed by atoms with van der Waals surface area (Å²) >= 11 is 6.08. The number of halogens is 1. The summed E-state index contributed by atoms with van der Waals surface area (Å²) in [4.78, 5) is 38.3. The van der Waals surface area contributed by atoms with Gasteiger partial charge in [-0.05, 0) is 35.9 Å². The molecule has 0 bridgehead atoms. The van der Waals surface area contributed by atoms with Crippen molar-refractivity contribution in [1.29, 1.82) is 5.26 Å². The Morgan fingerprint density at radius 1 is 1.11 bits per heavy atom. The number of esters is 2. The van der Waals surface area contributed by atoms with Crippen LogP contribution in [0.15, 0.2) is 71.3 Å². The molecule has 0 aromatic heterocycles. The van der Waals surface area contributed by atoms with Crippen LogP contribution in [-0.4, -0.2) is 32.2 Å². The zero-order valence-corrected chi connectivity index (χ0v) is 19.5. The van der Waals surface area contributed by atoms with E-state index in [0.717, 1.165) is 7.11 Å². The highest BCUT2D eigenvalue weighted by Crippen LogP contribution is 2.42. The number of carbonyl (C=O) groups excluding carboxylic acids is 3. The average molecular weight is 497 g/mol. The van der Waals surface area contributed by atoms with E-state index in [1.54, 1.807) is 48.5 Å². The summed E-state index contributed by atoms with van der Waals surface area (Å²) in [5.74, 6) is -2.98. The monoisotopic (exact) mass is 496 g/mol. The number of benzene rings is 2.